The van der Waals surface area contributed by atoms with Crippen LogP contribution in [-0.2, 0) is 19.6 Å². The predicted molar refractivity (Wildman–Crippen MR) is 131 cm³/mol. The van der Waals surface area contributed by atoms with E-state index in [2.05, 4.69) is 10.2 Å². The van der Waals surface area contributed by atoms with E-state index in [1.54, 1.807) is 25.1 Å². The van der Waals surface area contributed by atoms with E-state index in [9.17, 15) is 13.2 Å². The molecule has 0 aromatic heterocycles. The predicted octanol–water partition coefficient (Wildman–Crippen LogP) is 3.81. The number of anilines is 1. The summed E-state index contributed by atoms with van der Waals surface area (Å²) in [5.74, 6) is -0.175. The molecule has 3 rings (SSSR count). The van der Waals surface area contributed by atoms with Crippen LogP contribution in [0.1, 0.15) is 44.9 Å². The van der Waals surface area contributed by atoms with Crippen LogP contribution in [-0.4, -0.2) is 61.9 Å². The third-order valence-corrected chi connectivity index (χ3v) is 8.36. The molecular formula is C25H35N3O4S. The van der Waals surface area contributed by atoms with Gasteiger partial charge >= 0.3 is 0 Å². The Kier molecular flexibility index (Phi) is 8.28. The third kappa shape index (κ3) is 5.81. The minimum Gasteiger partial charge on any atom is -0.368 e. The summed E-state index contributed by atoms with van der Waals surface area (Å²) in [6.45, 7) is 11.3. The number of aryl methyl sites for hydroxylation is 1. The number of ether oxygens (including phenoxy) is 1. The van der Waals surface area contributed by atoms with Crippen LogP contribution in [0.25, 0.3) is 0 Å². The van der Waals surface area contributed by atoms with Crippen LogP contribution in [0.5, 0.6) is 0 Å². The van der Waals surface area contributed by atoms with Gasteiger partial charge in [0.15, 0.2) is 0 Å². The zero-order chi connectivity index (χ0) is 24.2. The normalized spacial score (nSPS) is 20.5. The number of rotatable bonds is 8. The molecule has 1 aliphatic rings. The van der Waals surface area contributed by atoms with Gasteiger partial charge in [0.2, 0.25) is 15.9 Å². The van der Waals surface area contributed by atoms with Crippen LogP contribution in [0.4, 0.5) is 5.69 Å². The minimum absolute atomic E-state index is 0.00982. The highest BCUT2D eigenvalue weighted by Gasteiger charge is 2.32. The standard InChI is InChI=1S/C25H35N3O4S/c1-6-28(7-2)33(30,31)24-15-22(14-13-18(24)3)26-25(29)20(5)27-16-19(4)32-23(17-27)21-11-9-8-10-12-21/h8-15,19-20,23H,6-7,16-17H2,1-5H3,(H,26,29). The summed E-state index contributed by atoms with van der Waals surface area (Å²) in [4.78, 5) is 15.4. The summed E-state index contributed by atoms with van der Waals surface area (Å²) in [6.07, 6.45) is -0.111. The number of nitrogens with zero attached hydrogens (tertiary/aromatic N) is 2. The highest BCUT2D eigenvalue weighted by molar-refractivity contribution is 7.89. The Morgan fingerprint density at radius 1 is 1.15 bits per heavy atom. The molecule has 0 saturated carbocycles. The van der Waals surface area contributed by atoms with Crippen LogP contribution in [0.3, 0.4) is 0 Å². The van der Waals surface area contributed by atoms with Crippen molar-refractivity contribution >= 4 is 21.6 Å². The Balaban J connectivity index is 1.75. The summed E-state index contributed by atoms with van der Waals surface area (Å²) in [5, 5.41) is 2.92. The van der Waals surface area contributed by atoms with Crippen molar-refractivity contribution in [2.45, 2.75) is 57.8 Å². The van der Waals surface area contributed by atoms with Crippen LogP contribution in [0.2, 0.25) is 0 Å². The second-order valence-corrected chi connectivity index (χ2v) is 10.4. The molecule has 3 unspecified atom stereocenters. The summed E-state index contributed by atoms with van der Waals surface area (Å²) >= 11 is 0. The van der Waals surface area contributed by atoms with Gasteiger partial charge in [0, 0.05) is 31.9 Å². The van der Waals surface area contributed by atoms with Crippen LogP contribution in [0.15, 0.2) is 53.4 Å². The van der Waals surface area contributed by atoms with E-state index in [1.807, 2.05) is 58.0 Å². The Morgan fingerprint density at radius 3 is 2.45 bits per heavy atom. The average molecular weight is 474 g/mol. The van der Waals surface area contributed by atoms with E-state index in [0.717, 1.165) is 5.56 Å². The van der Waals surface area contributed by atoms with Gasteiger partial charge in [-0.05, 0) is 44.0 Å². The molecule has 8 heteroatoms. The largest absolute Gasteiger partial charge is 0.368 e. The minimum atomic E-state index is -3.62. The van der Waals surface area contributed by atoms with Crippen molar-refractivity contribution in [2.24, 2.45) is 0 Å². The molecule has 180 valence electrons. The smallest absolute Gasteiger partial charge is 0.243 e. The maximum Gasteiger partial charge on any atom is 0.243 e. The number of sulfonamides is 1. The molecule has 0 bridgehead atoms. The van der Waals surface area contributed by atoms with Crippen molar-refractivity contribution in [1.82, 2.24) is 9.21 Å². The number of hydrogen-bond donors (Lipinski definition) is 1. The molecule has 2 aromatic rings. The summed E-state index contributed by atoms with van der Waals surface area (Å²) in [7, 11) is -3.62. The van der Waals surface area contributed by atoms with E-state index >= 15 is 0 Å². The van der Waals surface area contributed by atoms with E-state index in [4.69, 9.17) is 4.74 Å². The van der Waals surface area contributed by atoms with E-state index in [1.165, 1.54) is 4.31 Å². The molecule has 7 nitrogen and oxygen atoms in total. The number of nitrogens with one attached hydrogen (secondary N) is 1. The molecule has 3 atom stereocenters. The van der Waals surface area contributed by atoms with Crippen molar-refractivity contribution in [2.75, 3.05) is 31.5 Å². The van der Waals surface area contributed by atoms with Gasteiger partial charge in [0.05, 0.1) is 23.1 Å². The lowest BCUT2D eigenvalue weighted by atomic mass is 10.1. The van der Waals surface area contributed by atoms with Gasteiger partial charge in [-0.25, -0.2) is 8.42 Å². The van der Waals surface area contributed by atoms with Gasteiger partial charge in [0.1, 0.15) is 0 Å². The fraction of sp³-hybridized carbons (Fsp3) is 0.480. The Hall–Kier alpha value is -2.26. The second kappa shape index (κ2) is 10.8. The Bertz CT molecular complexity index is 1050. The van der Waals surface area contributed by atoms with Crippen molar-refractivity contribution < 1.29 is 17.9 Å². The molecule has 1 aliphatic heterocycles. The molecule has 0 spiro atoms. The zero-order valence-electron chi connectivity index (χ0n) is 20.1. The molecule has 0 aliphatic carbocycles. The fourth-order valence-electron chi connectivity index (χ4n) is 4.22. The van der Waals surface area contributed by atoms with Gasteiger partial charge in [-0.1, -0.05) is 50.2 Å². The van der Waals surface area contributed by atoms with Gasteiger partial charge in [0.25, 0.3) is 0 Å². The first-order valence-electron chi connectivity index (χ1n) is 11.5. The maximum atomic E-state index is 13.1. The van der Waals surface area contributed by atoms with Gasteiger partial charge < -0.3 is 10.1 Å². The number of hydrogen-bond acceptors (Lipinski definition) is 5. The molecule has 1 amide bonds. The second-order valence-electron chi connectivity index (χ2n) is 8.53. The Labute approximate surface area is 197 Å². The number of amides is 1. The number of carbonyl (C=O) groups is 1. The first-order valence-corrected chi connectivity index (χ1v) is 13.0. The van der Waals surface area contributed by atoms with E-state index in [0.29, 0.717) is 37.4 Å². The molecule has 0 radical (unpaired) electrons. The molecular weight excluding hydrogens is 438 g/mol. The lowest BCUT2D eigenvalue weighted by Gasteiger charge is -2.39. The van der Waals surface area contributed by atoms with Crippen LogP contribution >= 0.6 is 0 Å². The first-order chi connectivity index (χ1) is 15.7. The van der Waals surface area contributed by atoms with Crippen molar-refractivity contribution in [3.63, 3.8) is 0 Å². The summed E-state index contributed by atoms with van der Waals surface area (Å²) in [6, 6.07) is 14.7. The SMILES string of the molecule is CCN(CC)S(=O)(=O)c1cc(NC(=O)C(C)N2CC(C)OC(c3ccccc3)C2)ccc1C. The van der Waals surface area contributed by atoms with E-state index < -0.39 is 16.1 Å². The molecule has 1 saturated heterocycles. The molecule has 2 aromatic carbocycles. The topological polar surface area (TPSA) is 79.0 Å². The monoisotopic (exact) mass is 473 g/mol. The highest BCUT2D eigenvalue weighted by Crippen LogP contribution is 2.27. The maximum absolute atomic E-state index is 13.1. The van der Waals surface area contributed by atoms with Crippen molar-refractivity contribution in [3.8, 4) is 0 Å². The lowest BCUT2D eigenvalue weighted by Crippen LogP contribution is -2.51. The highest BCUT2D eigenvalue weighted by atomic mass is 32.2. The third-order valence-electron chi connectivity index (χ3n) is 6.17. The molecule has 33 heavy (non-hydrogen) atoms. The number of morpholine rings is 1. The molecule has 1 fully saturated rings. The lowest BCUT2D eigenvalue weighted by molar-refractivity contribution is -0.128. The van der Waals surface area contributed by atoms with Gasteiger partial charge in [-0.3, -0.25) is 9.69 Å². The summed E-state index contributed by atoms with van der Waals surface area (Å²) in [5.41, 5.74) is 2.22. The average Bonchev–Trinajstić information content (AvgIpc) is 2.80. The molecule has 1 N–H and O–H groups in total. The summed E-state index contributed by atoms with van der Waals surface area (Å²) < 4.78 is 33.6. The van der Waals surface area contributed by atoms with Gasteiger partial charge in [-0.2, -0.15) is 4.31 Å². The fourth-order valence-corrected chi connectivity index (χ4v) is 5.93. The van der Waals surface area contributed by atoms with Crippen molar-refractivity contribution in [1.29, 1.82) is 0 Å². The number of carbonyl (C=O) groups excluding carboxylic acids is 1. The van der Waals surface area contributed by atoms with Crippen molar-refractivity contribution in [3.05, 3.63) is 59.7 Å². The quantitative estimate of drug-likeness (QED) is 0.631. The van der Waals surface area contributed by atoms with E-state index in [-0.39, 0.29) is 23.0 Å². The first kappa shape index (κ1) is 25.4. The number of benzene rings is 2. The Morgan fingerprint density at radius 2 is 1.82 bits per heavy atom. The van der Waals surface area contributed by atoms with Gasteiger partial charge in [-0.15, -0.1) is 0 Å². The zero-order valence-corrected chi connectivity index (χ0v) is 20.9. The van der Waals surface area contributed by atoms with Crippen LogP contribution < -0.4 is 5.32 Å². The molecule has 1 heterocycles. The van der Waals surface area contributed by atoms with Crippen LogP contribution in [0, 0.1) is 6.92 Å².